The Morgan fingerprint density at radius 2 is 2.20 bits per heavy atom. The Morgan fingerprint density at radius 1 is 1.44 bits per heavy atom. The van der Waals surface area contributed by atoms with Crippen LogP contribution >= 0.6 is 11.3 Å². The van der Waals surface area contributed by atoms with Crippen molar-refractivity contribution in [1.82, 2.24) is 4.98 Å². The molecular formula is C18H22N2O4S. The second-order valence-electron chi connectivity index (χ2n) is 5.86. The van der Waals surface area contributed by atoms with Crippen LogP contribution in [-0.2, 0) is 4.74 Å². The van der Waals surface area contributed by atoms with Gasteiger partial charge in [0.2, 0.25) is 0 Å². The summed E-state index contributed by atoms with van der Waals surface area (Å²) in [5.41, 5.74) is 2.09. The molecule has 0 aliphatic rings. The van der Waals surface area contributed by atoms with E-state index >= 15 is 0 Å². The van der Waals surface area contributed by atoms with Crippen LogP contribution in [0, 0.1) is 12.8 Å². The van der Waals surface area contributed by atoms with Gasteiger partial charge in [-0.1, -0.05) is 19.0 Å². The minimum atomic E-state index is -0.363. The summed E-state index contributed by atoms with van der Waals surface area (Å²) in [4.78, 5) is 16.9. The lowest BCUT2D eigenvalue weighted by atomic mass is 10.1. The molecule has 0 radical (unpaired) electrons. The van der Waals surface area contributed by atoms with Crippen LogP contribution in [0.25, 0.3) is 10.6 Å². The molecule has 1 aromatic carbocycles. The van der Waals surface area contributed by atoms with Gasteiger partial charge < -0.3 is 14.7 Å². The van der Waals surface area contributed by atoms with Crippen molar-refractivity contribution in [3.8, 4) is 16.3 Å². The molecule has 0 unspecified atom stereocenters. The van der Waals surface area contributed by atoms with Gasteiger partial charge in [0.15, 0.2) is 0 Å². The highest BCUT2D eigenvalue weighted by molar-refractivity contribution is 7.17. The number of nitrogens with zero attached hydrogens (tertiary/aromatic N) is 2. The van der Waals surface area contributed by atoms with E-state index in [0.29, 0.717) is 46.0 Å². The van der Waals surface area contributed by atoms with Gasteiger partial charge in [0.25, 0.3) is 0 Å². The average Bonchev–Trinajstić information content (AvgIpc) is 2.96. The van der Waals surface area contributed by atoms with Gasteiger partial charge in [-0.2, -0.15) is 0 Å². The first-order valence-electron chi connectivity index (χ1n) is 8.05. The second kappa shape index (κ2) is 8.62. The highest BCUT2D eigenvalue weighted by atomic mass is 32.1. The predicted octanol–water partition coefficient (Wildman–Crippen LogP) is 4.14. The van der Waals surface area contributed by atoms with Crippen molar-refractivity contribution in [2.75, 3.05) is 13.2 Å². The number of hydrogen-bond donors (Lipinski definition) is 1. The molecule has 0 saturated heterocycles. The number of thiazole rings is 1. The van der Waals surface area contributed by atoms with Crippen molar-refractivity contribution in [1.29, 1.82) is 0 Å². The number of esters is 1. The van der Waals surface area contributed by atoms with E-state index in [0.717, 1.165) is 5.56 Å². The summed E-state index contributed by atoms with van der Waals surface area (Å²) in [5.74, 6) is 0.652. The molecule has 2 rings (SSSR count). The third kappa shape index (κ3) is 4.79. The van der Waals surface area contributed by atoms with Crippen molar-refractivity contribution in [2.45, 2.75) is 27.7 Å². The van der Waals surface area contributed by atoms with Gasteiger partial charge in [0.05, 0.1) is 25.1 Å². The maximum absolute atomic E-state index is 12.0. The fraction of sp³-hybridized carbons (Fsp3) is 0.389. The van der Waals surface area contributed by atoms with Crippen molar-refractivity contribution >= 4 is 23.5 Å². The largest absolute Gasteiger partial charge is 0.493 e. The highest BCUT2D eigenvalue weighted by Crippen LogP contribution is 2.31. The van der Waals surface area contributed by atoms with E-state index in [1.165, 1.54) is 17.6 Å². The zero-order valence-electron chi connectivity index (χ0n) is 14.8. The molecule has 1 aromatic heterocycles. The SMILES string of the molecule is CCOC(=O)c1sc(-c2ccc(OCC(C)C)c(/C=N\O)c2)nc1C. The summed E-state index contributed by atoms with van der Waals surface area (Å²) in [6, 6.07) is 5.51. The monoisotopic (exact) mass is 362 g/mol. The van der Waals surface area contributed by atoms with E-state index in [1.807, 2.05) is 18.2 Å². The molecule has 0 amide bonds. The molecule has 0 fully saturated rings. The Kier molecular flexibility index (Phi) is 6.52. The molecule has 0 saturated carbocycles. The van der Waals surface area contributed by atoms with Gasteiger partial charge in [-0.05, 0) is 38.0 Å². The van der Waals surface area contributed by atoms with Crippen molar-refractivity contribution in [3.63, 3.8) is 0 Å². The van der Waals surface area contributed by atoms with Gasteiger partial charge in [0.1, 0.15) is 15.6 Å². The molecule has 0 aliphatic heterocycles. The smallest absolute Gasteiger partial charge is 0.350 e. The van der Waals surface area contributed by atoms with E-state index < -0.39 is 0 Å². The predicted molar refractivity (Wildman–Crippen MR) is 98.0 cm³/mol. The van der Waals surface area contributed by atoms with E-state index in [1.54, 1.807) is 13.8 Å². The molecule has 0 spiro atoms. The molecule has 1 heterocycles. The number of carbonyl (C=O) groups excluding carboxylic acids is 1. The lowest BCUT2D eigenvalue weighted by Crippen LogP contribution is -2.06. The first-order valence-corrected chi connectivity index (χ1v) is 8.87. The van der Waals surface area contributed by atoms with Gasteiger partial charge >= 0.3 is 5.97 Å². The van der Waals surface area contributed by atoms with Crippen LogP contribution in [-0.4, -0.2) is 35.6 Å². The van der Waals surface area contributed by atoms with Crippen molar-refractivity contribution in [2.24, 2.45) is 11.1 Å². The number of rotatable bonds is 7. The lowest BCUT2D eigenvalue weighted by molar-refractivity contribution is 0.0531. The molecule has 25 heavy (non-hydrogen) atoms. The first-order chi connectivity index (χ1) is 12.0. The summed E-state index contributed by atoms with van der Waals surface area (Å²) in [6.45, 7) is 8.56. The Labute approximate surface area is 151 Å². The maximum atomic E-state index is 12.0. The van der Waals surface area contributed by atoms with Crippen LogP contribution in [0.4, 0.5) is 0 Å². The zero-order valence-corrected chi connectivity index (χ0v) is 15.6. The van der Waals surface area contributed by atoms with Crippen LogP contribution in [0.5, 0.6) is 5.75 Å². The molecule has 134 valence electrons. The summed E-state index contributed by atoms with van der Waals surface area (Å²) < 4.78 is 10.8. The van der Waals surface area contributed by atoms with E-state index in [4.69, 9.17) is 14.7 Å². The maximum Gasteiger partial charge on any atom is 0.350 e. The molecule has 2 aromatic rings. The molecule has 6 nitrogen and oxygen atoms in total. The van der Waals surface area contributed by atoms with Crippen LogP contribution < -0.4 is 4.74 Å². The molecule has 0 atom stereocenters. The van der Waals surface area contributed by atoms with Crippen molar-refractivity contribution < 1.29 is 19.5 Å². The molecular weight excluding hydrogens is 340 g/mol. The molecule has 1 N–H and O–H groups in total. The van der Waals surface area contributed by atoms with E-state index in [9.17, 15) is 4.79 Å². The quantitative estimate of drug-likeness (QED) is 0.346. The Hall–Kier alpha value is -2.41. The summed E-state index contributed by atoms with van der Waals surface area (Å²) in [7, 11) is 0. The number of ether oxygens (including phenoxy) is 2. The van der Waals surface area contributed by atoms with Gasteiger partial charge in [-0.3, -0.25) is 0 Å². The minimum absolute atomic E-state index is 0.324. The Bertz CT molecular complexity index is 768. The summed E-state index contributed by atoms with van der Waals surface area (Å²) >= 11 is 1.28. The molecule has 0 bridgehead atoms. The number of aromatic nitrogens is 1. The van der Waals surface area contributed by atoms with Crippen LogP contribution in [0.2, 0.25) is 0 Å². The lowest BCUT2D eigenvalue weighted by Gasteiger charge is -2.11. The van der Waals surface area contributed by atoms with Crippen LogP contribution in [0.1, 0.15) is 41.7 Å². The Morgan fingerprint density at radius 3 is 2.84 bits per heavy atom. The topological polar surface area (TPSA) is 81.0 Å². The summed E-state index contributed by atoms with van der Waals surface area (Å²) in [5, 5.41) is 12.7. The molecule has 0 aliphatic carbocycles. The number of aryl methyl sites for hydroxylation is 1. The van der Waals surface area contributed by atoms with Gasteiger partial charge in [-0.15, -0.1) is 11.3 Å². The number of oxime groups is 1. The number of benzene rings is 1. The first kappa shape index (κ1) is 18.9. The average molecular weight is 362 g/mol. The van der Waals surface area contributed by atoms with Gasteiger partial charge in [-0.25, -0.2) is 9.78 Å². The number of hydrogen-bond acceptors (Lipinski definition) is 7. The standard InChI is InChI=1S/C18H22N2O4S/c1-5-23-18(21)16-12(4)20-17(25-16)13-6-7-15(24-10-11(2)3)14(8-13)9-19-22/h6-9,11,22H,5,10H2,1-4H3/b19-9-. The molecule has 7 heteroatoms. The highest BCUT2D eigenvalue weighted by Gasteiger charge is 2.18. The fourth-order valence-electron chi connectivity index (χ4n) is 2.14. The fourth-order valence-corrected chi connectivity index (χ4v) is 3.09. The zero-order chi connectivity index (χ0) is 18.4. The third-order valence-corrected chi connectivity index (χ3v) is 4.47. The Balaban J connectivity index is 2.35. The van der Waals surface area contributed by atoms with Crippen molar-refractivity contribution in [3.05, 3.63) is 34.3 Å². The number of carbonyl (C=O) groups is 1. The third-order valence-electron chi connectivity index (χ3n) is 3.28. The summed E-state index contributed by atoms with van der Waals surface area (Å²) in [6.07, 6.45) is 1.33. The minimum Gasteiger partial charge on any atom is -0.493 e. The van der Waals surface area contributed by atoms with Gasteiger partial charge in [0, 0.05) is 11.1 Å². The normalized spacial score (nSPS) is 11.2. The van der Waals surface area contributed by atoms with E-state index in [-0.39, 0.29) is 5.97 Å². The second-order valence-corrected chi connectivity index (χ2v) is 6.86. The van der Waals surface area contributed by atoms with Crippen LogP contribution in [0.15, 0.2) is 23.4 Å². The van der Waals surface area contributed by atoms with Crippen LogP contribution in [0.3, 0.4) is 0 Å². The van der Waals surface area contributed by atoms with E-state index in [2.05, 4.69) is 24.0 Å².